The summed E-state index contributed by atoms with van der Waals surface area (Å²) < 4.78 is 12.8. The lowest BCUT2D eigenvalue weighted by molar-refractivity contribution is -0.121. The van der Waals surface area contributed by atoms with Gasteiger partial charge < -0.3 is 10.6 Å². The third-order valence-electron chi connectivity index (χ3n) is 3.65. The van der Waals surface area contributed by atoms with Crippen LogP contribution in [-0.4, -0.2) is 12.5 Å². The first-order valence-electron chi connectivity index (χ1n) is 7.90. The van der Waals surface area contributed by atoms with Crippen LogP contribution >= 0.6 is 0 Å². The normalized spacial score (nSPS) is 10.6. The lowest BCUT2D eigenvalue weighted by atomic mass is 10.0. The predicted octanol–water partition coefficient (Wildman–Crippen LogP) is 4.07. The highest BCUT2D eigenvalue weighted by Gasteiger charge is 2.06. The van der Waals surface area contributed by atoms with Gasteiger partial charge in [0.2, 0.25) is 5.91 Å². The second kappa shape index (κ2) is 8.32. The van der Waals surface area contributed by atoms with Gasteiger partial charge in [0.15, 0.2) is 0 Å². The van der Waals surface area contributed by atoms with Gasteiger partial charge in [0.25, 0.3) is 0 Å². The highest BCUT2D eigenvalue weighted by molar-refractivity contribution is 5.76. The van der Waals surface area contributed by atoms with Crippen molar-refractivity contribution in [1.82, 2.24) is 5.32 Å². The molecule has 0 aromatic heterocycles. The summed E-state index contributed by atoms with van der Waals surface area (Å²) in [6, 6.07) is 14.3. The van der Waals surface area contributed by atoms with Gasteiger partial charge in [-0.2, -0.15) is 0 Å². The average Bonchev–Trinajstić information content (AvgIpc) is 2.54. The zero-order valence-corrected chi connectivity index (χ0v) is 13.6. The number of hydrogen-bond acceptors (Lipinski definition) is 2. The van der Waals surface area contributed by atoms with E-state index in [0.29, 0.717) is 25.4 Å². The number of amides is 1. The van der Waals surface area contributed by atoms with Crippen LogP contribution in [-0.2, 0) is 11.3 Å². The molecule has 0 aliphatic carbocycles. The van der Waals surface area contributed by atoms with E-state index in [4.69, 9.17) is 0 Å². The Hall–Kier alpha value is -2.36. The van der Waals surface area contributed by atoms with Gasteiger partial charge in [0.1, 0.15) is 5.82 Å². The minimum Gasteiger partial charge on any atom is -0.384 e. The Morgan fingerprint density at radius 1 is 1.09 bits per heavy atom. The Balaban J connectivity index is 1.76. The van der Waals surface area contributed by atoms with Crippen LogP contribution in [0.15, 0.2) is 48.5 Å². The molecule has 1 amide bonds. The maximum Gasteiger partial charge on any atom is 0.222 e. The Morgan fingerprint density at radius 2 is 1.78 bits per heavy atom. The molecule has 3 nitrogen and oxygen atoms in total. The summed E-state index contributed by atoms with van der Waals surface area (Å²) in [4.78, 5) is 11.9. The molecular formula is C19H23FN2O. The van der Waals surface area contributed by atoms with E-state index in [-0.39, 0.29) is 11.7 Å². The molecule has 0 fully saturated rings. The van der Waals surface area contributed by atoms with Crippen LogP contribution in [0.5, 0.6) is 0 Å². The van der Waals surface area contributed by atoms with Crippen molar-refractivity contribution in [3.63, 3.8) is 0 Å². The van der Waals surface area contributed by atoms with Gasteiger partial charge in [0.05, 0.1) is 0 Å². The van der Waals surface area contributed by atoms with E-state index in [1.807, 2.05) is 18.2 Å². The van der Waals surface area contributed by atoms with Crippen LogP contribution in [0, 0.1) is 5.82 Å². The second-order valence-electron chi connectivity index (χ2n) is 5.82. The van der Waals surface area contributed by atoms with Crippen molar-refractivity contribution in [2.24, 2.45) is 0 Å². The van der Waals surface area contributed by atoms with Crippen molar-refractivity contribution >= 4 is 11.6 Å². The molecule has 0 aliphatic rings. The van der Waals surface area contributed by atoms with E-state index < -0.39 is 0 Å². The average molecular weight is 314 g/mol. The van der Waals surface area contributed by atoms with E-state index in [1.165, 1.54) is 17.7 Å². The summed E-state index contributed by atoms with van der Waals surface area (Å²) in [5, 5.41) is 6.16. The van der Waals surface area contributed by atoms with Crippen LogP contribution in [0.1, 0.15) is 37.3 Å². The molecular weight excluding hydrogens is 291 g/mol. The Morgan fingerprint density at radius 3 is 2.48 bits per heavy atom. The highest BCUT2D eigenvalue weighted by atomic mass is 19.1. The summed E-state index contributed by atoms with van der Waals surface area (Å²) in [6.45, 7) is 5.30. The number of carbonyl (C=O) groups is 1. The molecule has 2 aromatic rings. The number of rotatable bonds is 7. The number of carbonyl (C=O) groups excluding carboxylic acids is 1. The van der Waals surface area contributed by atoms with Crippen molar-refractivity contribution in [3.05, 3.63) is 65.5 Å². The number of para-hydroxylation sites is 1. The molecule has 122 valence electrons. The fourth-order valence-electron chi connectivity index (χ4n) is 2.36. The molecule has 23 heavy (non-hydrogen) atoms. The van der Waals surface area contributed by atoms with E-state index in [0.717, 1.165) is 11.3 Å². The number of anilines is 1. The number of halogens is 1. The molecule has 0 unspecified atom stereocenters. The van der Waals surface area contributed by atoms with E-state index in [9.17, 15) is 9.18 Å². The van der Waals surface area contributed by atoms with Crippen LogP contribution < -0.4 is 10.6 Å². The van der Waals surface area contributed by atoms with Gasteiger partial charge in [-0.15, -0.1) is 0 Å². The molecule has 2 aromatic carbocycles. The molecule has 0 aliphatic heterocycles. The lowest BCUT2D eigenvalue weighted by Crippen LogP contribution is -2.25. The topological polar surface area (TPSA) is 41.1 Å². The standard InChI is InChI=1S/C19H23FN2O/c1-14(2)17-5-3-4-6-18(17)21-12-11-19(23)22-13-15-7-9-16(20)10-8-15/h3-10,14,21H,11-13H2,1-2H3,(H,22,23). The SMILES string of the molecule is CC(C)c1ccccc1NCCC(=O)NCc1ccc(F)cc1. The molecule has 0 saturated heterocycles. The molecule has 0 saturated carbocycles. The molecule has 2 N–H and O–H groups in total. The monoisotopic (exact) mass is 314 g/mol. The zero-order valence-electron chi connectivity index (χ0n) is 13.6. The third-order valence-corrected chi connectivity index (χ3v) is 3.65. The fraction of sp³-hybridized carbons (Fsp3) is 0.316. The quantitative estimate of drug-likeness (QED) is 0.809. The first-order chi connectivity index (χ1) is 11.1. The molecule has 0 atom stereocenters. The molecule has 0 radical (unpaired) electrons. The van der Waals surface area contributed by atoms with Gasteiger partial charge in [-0.25, -0.2) is 4.39 Å². The van der Waals surface area contributed by atoms with E-state index in [2.05, 4.69) is 30.5 Å². The summed E-state index contributed by atoms with van der Waals surface area (Å²) in [7, 11) is 0. The third kappa shape index (κ3) is 5.40. The Kier molecular flexibility index (Phi) is 6.15. The maximum absolute atomic E-state index is 12.8. The number of benzene rings is 2. The predicted molar refractivity (Wildman–Crippen MR) is 91.9 cm³/mol. The lowest BCUT2D eigenvalue weighted by Gasteiger charge is -2.14. The van der Waals surface area contributed by atoms with Gasteiger partial charge in [-0.3, -0.25) is 4.79 Å². The molecule has 0 spiro atoms. The first kappa shape index (κ1) is 17.0. The first-order valence-corrected chi connectivity index (χ1v) is 7.90. The largest absolute Gasteiger partial charge is 0.384 e. The van der Waals surface area contributed by atoms with Crippen molar-refractivity contribution in [3.8, 4) is 0 Å². The fourth-order valence-corrected chi connectivity index (χ4v) is 2.36. The van der Waals surface area contributed by atoms with Gasteiger partial charge >= 0.3 is 0 Å². The second-order valence-corrected chi connectivity index (χ2v) is 5.82. The number of nitrogens with one attached hydrogen (secondary N) is 2. The van der Waals surface area contributed by atoms with Crippen molar-refractivity contribution < 1.29 is 9.18 Å². The van der Waals surface area contributed by atoms with Crippen LogP contribution in [0.4, 0.5) is 10.1 Å². The highest BCUT2D eigenvalue weighted by Crippen LogP contribution is 2.23. The van der Waals surface area contributed by atoms with Crippen LogP contribution in [0.3, 0.4) is 0 Å². The molecule has 2 rings (SSSR count). The molecule has 0 bridgehead atoms. The van der Waals surface area contributed by atoms with E-state index in [1.54, 1.807) is 12.1 Å². The summed E-state index contributed by atoms with van der Waals surface area (Å²) in [5.41, 5.74) is 3.21. The minimum atomic E-state index is -0.270. The van der Waals surface area contributed by atoms with Crippen molar-refractivity contribution in [1.29, 1.82) is 0 Å². The summed E-state index contributed by atoms with van der Waals surface area (Å²) in [6.07, 6.45) is 0.396. The van der Waals surface area contributed by atoms with Gasteiger partial charge in [-0.05, 0) is 35.2 Å². The zero-order chi connectivity index (χ0) is 16.7. The number of hydrogen-bond donors (Lipinski definition) is 2. The van der Waals surface area contributed by atoms with Crippen LogP contribution in [0.2, 0.25) is 0 Å². The van der Waals surface area contributed by atoms with Gasteiger partial charge in [-0.1, -0.05) is 44.2 Å². The van der Waals surface area contributed by atoms with Crippen molar-refractivity contribution in [2.75, 3.05) is 11.9 Å². The summed E-state index contributed by atoms with van der Waals surface area (Å²) >= 11 is 0. The van der Waals surface area contributed by atoms with E-state index >= 15 is 0 Å². The maximum atomic E-state index is 12.8. The van der Waals surface area contributed by atoms with Crippen molar-refractivity contribution in [2.45, 2.75) is 32.7 Å². The smallest absolute Gasteiger partial charge is 0.222 e. The molecule has 0 heterocycles. The van der Waals surface area contributed by atoms with Gasteiger partial charge in [0, 0.05) is 25.2 Å². The Bertz CT molecular complexity index is 638. The summed E-state index contributed by atoms with van der Waals surface area (Å²) in [5.74, 6) is 0.142. The van der Waals surface area contributed by atoms with Crippen LogP contribution in [0.25, 0.3) is 0 Å². The minimum absolute atomic E-state index is 0.0242. The molecule has 4 heteroatoms. The Labute approximate surface area is 136 Å².